The lowest BCUT2D eigenvalue weighted by Crippen LogP contribution is -2.36. The van der Waals surface area contributed by atoms with Crippen LogP contribution in [0.25, 0.3) is 0 Å². The molecule has 1 saturated heterocycles. The van der Waals surface area contributed by atoms with E-state index in [9.17, 15) is 13.2 Å². The number of aromatic nitrogens is 1. The maximum Gasteiger partial charge on any atom is 0.250 e. The normalized spacial score (nSPS) is 16.2. The molecular formula is C18H22N2O3S. The molecule has 0 unspecified atom stereocenters. The van der Waals surface area contributed by atoms with Crippen molar-refractivity contribution in [3.05, 3.63) is 64.1 Å². The van der Waals surface area contributed by atoms with Crippen molar-refractivity contribution in [1.82, 2.24) is 8.87 Å². The third-order valence-corrected chi connectivity index (χ3v) is 6.23. The quantitative estimate of drug-likeness (QED) is 0.854. The van der Waals surface area contributed by atoms with Crippen molar-refractivity contribution >= 4 is 10.0 Å². The van der Waals surface area contributed by atoms with E-state index in [4.69, 9.17) is 0 Å². The molecule has 6 heteroatoms. The molecular weight excluding hydrogens is 324 g/mol. The van der Waals surface area contributed by atoms with E-state index in [1.807, 2.05) is 31.2 Å². The molecule has 0 amide bonds. The van der Waals surface area contributed by atoms with Crippen LogP contribution in [0.3, 0.4) is 0 Å². The first-order chi connectivity index (χ1) is 11.5. The Kier molecular flexibility index (Phi) is 4.87. The molecule has 1 fully saturated rings. The summed E-state index contributed by atoms with van der Waals surface area (Å²) in [6.07, 6.45) is 4.32. The van der Waals surface area contributed by atoms with Gasteiger partial charge in [0.15, 0.2) is 0 Å². The van der Waals surface area contributed by atoms with Gasteiger partial charge in [-0.3, -0.25) is 4.79 Å². The predicted molar refractivity (Wildman–Crippen MR) is 93.6 cm³/mol. The SMILES string of the molecule is Cc1cccc(Cn2cc(S(=O)(=O)N3CCCCC3)ccc2=O)c1. The van der Waals surface area contributed by atoms with E-state index in [-0.39, 0.29) is 10.5 Å². The fourth-order valence-corrected chi connectivity index (χ4v) is 4.58. The lowest BCUT2D eigenvalue weighted by atomic mass is 10.1. The zero-order valence-corrected chi connectivity index (χ0v) is 14.6. The third-order valence-electron chi connectivity index (χ3n) is 4.34. The second-order valence-corrected chi connectivity index (χ2v) is 8.22. The van der Waals surface area contributed by atoms with Crippen molar-refractivity contribution in [3.8, 4) is 0 Å². The van der Waals surface area contributed by atoms with E-state index in [1.54, 1.807) is 0 Å². The van der Waals surface area contributed by atoms with Gasteiger partial charge < -0.3 is 4.57 Å². The summed E-state index contributed by atoms with van der Waals surface area (Å²) in [7, 11) is -3.53. The largest absolute Gasteiger partial charge is 0.310 e. The second kappa shape index (κ2) is 6.91. The maximum absolute atomic E-state index is 12.8. The molecule has 24 heavy (non-hydrogen) atoms. The van der Waals surface area contributed by atoms with E-state index in [1.165, 1.54) is 27.2 Å². The topological polar surface area (TPSA) is 59.4 Å². The van der Waals surface area contributed by atoms with Crippen molar-refractivity contribution in [3.63, 3.8) is 0 Å². The van der Waals surface area contributed by atoms with Gasteiger partial charge in [-0.05, 0) is 31.4 Å². The van der Waals surface area contributed by atoms with Crippen LogP contribution in [0.5, 0.6) is 0 Å². The van der Waals surface area contributed by atoms with Gasteiger partial charge in [0.05, 0.1) is 11.4 Å². The molecule has 1 aliphatic rings. The Hall–Kier alpha value is -1.92. The van der Waals surface area contributed by atoms with E-state index >= 15 is 0 Å². The van der Waals surface area contributed by atoms with Gasteiger partial charge in [-0.1, -0.05) is 36.2 Å². The molecule has 0 bridgehead atoms. The number of piperidine rings is 1. The number of rotatable bonds is 4. The molecule has 0 N–H and O–H groups in total. The molecule has 0 radical (unpaired) electrons. The van der Waals surface area contributed by atoms with Gasteiger partial charge in [-0.25, -0.2) is 8.42 Å². The van der Waals surface area contributed by atoms with E-state index in [0.717, 1.165) is 30.4 Å². The average molecular weight is 346 g/mol. The van der Waals surface area contributed by atoms with Crippen LogP contribution in [-0.4, -0.2) is 30.4 Å². The summed E-state index contributed by atoms with van der Waals surface area (Å²) in [6.45, 7) is 3.46. The summed E-state index contributed by atoms with van der Waals surface area (Å²) < 4.78 is 28.5. The van der Waals surface area contributed by atoms with Crippen molar-refractivity contribution < 1.29 is 8.42 Å². The van der Waals surface area contributed by atoms with Gasteiger partial charge in [-0.2, -0.15) is 4.31 Å². The van der Waals surface area contributed by atoms with Gasteiger partial charge in [0.25, 0.3) is 5.56 Å². The lowest BCUT2D eigenvalue weighted by Gasteiger charge is -2.26. The van der Waals surface area contributed by atoms with Crippen molar-refractivity contribution in [2.75, 3.05) is 13.1 Å². The fourth-order valence-electron chi connectivity index (χ4n) is 3.05. The first kappa shape index (κ1) is 16.9. The molecule has 1 aromatic heterocycles. The Morgan fingerprint density at radius 2 is 1.79 bits per heavy atom. The van der Waals surface area contributed by atoms with Crippen LogP contribution < -0.4 is 5.56 Å². The molecule has 5 nitrogen and oxygen atoms in total. The molecule has 1 aromatic carbocycles. The van der Waals surface area contributed by atoms with Crippen LogP contribution in [0.4, 0.5) is 0 Å². The standard InChI is InChI=1S/C18H22N2O3S/c1-15-6-5-7-16(12-15)13-19-14-17(8-9-18(19)21)24(22,23)20-10-3-2-4-11-20/h5-9,12,14H,2-4,10-11,13H2,1H3. The minimum absolute atomic E-state index is 0.191. The van der Waals surface area contributed by atoms with Gasteiger partial charge in [-0.15, -0.1) is 0 Å². The minimum atomic E-state index is -3.53. The highest BCUT2D eigenvalue weighted by Gasteiger charge is 2.26. The zero-order valence-electron chi connectivity index (χ0n) is 13.8. The Morgan fingerprint density at radius 1 is 1.04 bits per heavy atom. The second-order valence-electron chi connectivity index (χ2n) is 6.28. The number of hydrogen-bond donors (Lipinski definition) is 0. The Labute approximate surface area is 142 Å². The Balaban J connectivity index is 1.92. The van der Waals surface area contributed by atoms with E-state index in [0.29, 0.717) is 19.6 Å². The summed E-state index contributed by atoms with van der Waals surface area (Å²) in [5, 5.41) is 0. The van der Waals surface area contributed by atoms with Crippen molar-refractivity contribution in [2.24, 2.45) is 0 Å². The highest BCUT2D eigenvalue weighted by molar-refractivity contribution is 7.89. The number of sulfonamides is 1. The number of pyridine rings is 1. The van der Waals surface area contributed by atoms with Crippen LogP contribution in [0.2, 0.25) is 0 Å². The van der Waals surface area contributed by atoms with Gasteiger partial charge >= 0.3 is 0 Å². The highest BCUT2D eigenvalue weighted by atomic mass is 32.2. The summed E-state index contributed by atoms with van der Waals surface area (Å²) in [4.78, 5) is 12.3. The number of nitrogens with zero attached hydrogens (tertiary/aromatic N) is 2. The number of hydrogen-bond acceptors (Lipinski definition) is 3. The molecule has 128 valence electrons. The Morgan fingerprint density at radius 3 is 2.50 bits per heavy atom. The molecule has 3 rings (SSSR count). The number of aryl methyl sites for hydroxylation is 1. The smallest absolute Gasteiger partial charge is 0.250 e. The van der Waals surface area contributed by atoms with Gasteiger partial charge in [0.1, 0.15) is 0 Å². The zero-order chi connectivity index (χ0) is 17.2. The lowest BCUT2D eigenvalue weighted by molar-refractivity contribution is 0.346. The highest BCUT2D eigenvalue weighted by Crippen LogP contribution is 2.19. The first-order valence-electron chi connectivity index (χ1n) is 8.23. The molecule has 2 aromatic rings. The predicted octanol–water partition coefficient (Wildman–Crippen LogP) is 2.38. The van der Waals surface area contributed by atoms with E-state index in [2.05, 4.69) is 0 Å². The fraction of sp³-hybridized carbons (Fsp3) is 0.389. The average Bonchev–Trinajstić information content (AvgIpc) is 2.57. The summed E-state index contributed by atoms with van der Waals surface area (Å²) in [5.41, 5.74) is 1.89. The van der Waals surface area contributed by atoms with Gasteiger partial charge in [0.2, 0.25) is 10.0 Å². The Bertz CT molecular complexity index is 881. The van der Waals surface area contributed by atoms with Gasteiger partial charge in [0, 0.05) is 25.4 Å². The molecule has 1 aliphatic heterocycles. The van der Waals surface area contributed by atoms with Crippen LogP contribution in [0.15, 0.2) is 52.3 Å². The molecule has 0 atom stereocenters. The van der Waals surface area contributed by atoms with Crippen molar-refractivity contribution in [1.29, 1.82) is 0 Å². The van der Waals surface area contributed by atoms with Crippen molar-refractivity contribution in [2.45, 2.75) is 37.6 Å². The number of benzene rings is 1. The summed E-state index contributed by atoms with van der Waals surface area (Å²) in [5.74, 6) is 0. The monoisotopic (exact) mass is 346 g/mol. The molecule has 2 heterocycles. The maximum atomic E-state index is 12.8. The molecule has 0 spiro atoms. The van der Waals surface area contributed by atoms with Crippen LogP contribution in [0, 0.1) is 6.92 Å². The summed E-state index contributed by atoms with van der Waals surface area (Å²) >= 11 is 0. The molecule has 0 aliphatic carbocycles. The van der Waals surface area contributed by atoms with Crippen LogP contribution in [-0.2, 0) is 16.6 Å². The molecule has 0 saturated carbocycles. The van der Waals surface area contributed by atoms with Crippen LogP contribution >= 0.6 is 0 Å². The van der Waals surface area contributed by atoms with E-state index < -0.39 is 10.0 Å². The first-order valence-corrected chi connectivity index (χ1v) is 9.67. The third kappa shape index (κ3) is 3.60. The minimum Gasteiger partial charge on any atom is -0.310 e. The summed E-state index contributed by atoms with van der Waals surface area (Å²) in [6, 6.07) is 10.6. The van der Waals surface area contributed by atoms with Crippen LogP contribution in [0.1, 0.15) is 30.4 Å².